The molecule has 0 saturated carbocycles. The second-order valence-electron chi connectivity index (χ2n) is 5.26. The molecule has 0 bridgehead atoms. The zero-order chi connectivity index (χ0) is 17.5. The summed E-state index contributed by atoms with van der Waals surface area (Å²) in [6.07, 6.45) is 1.73. The lowest BCUT2D eigenvalue weighted by atomic mass is 10.2. The molecule has 0 spiro atoms. The van der Waals surface area contributed by atoms with E-state index in [-0.39, 0.29) is 6.03 Å². The molecule has 6 nitrogen and oxygen atoms in total. The number of methoxy groups -OCH3 is 1. The summed E-state index contributed by atoms with van der Waals surface area (Å²) in [5, 5.41) is 6.51. The highest BCUT2D eigenvalue weighted by Gasteiger charge is 2.06. The monoisotopic (exact) mass is 337 g/mol. The smallest absolute Gasteiger partial charge is 0.319 e. The molecule has 0 fully saturated rings. The predicted molar refractivity (Wildman–Crippen MR) is 97.3 cm³/mol. The van der Waals surface area contributed by atoms with Crippen LogP contribution in [0.2, 0.25) is 0 Å². The Hall–Kier alpha value is -3.28. The molecule has 2 N–H and O–H groups in total. The Morgan fingerprint density at radius 2 is 1.84 bits per heavy atom. The van der Waals surface area contributed by atoms with E-state index in [9.17, 15) is 4.79 Å². The second-order valence-corrected chi connectivity index (χ2v) is 5.26. The molecular formula is C19H19N3O3. The first kappa shape index (κ1) is 16.6. The number of ether oxygens (including phenoxy) is 2. The summed E-state index contributed by atoms with van der Waals surface area (Å²) in [7, 11) is 1.56. The molecule has 0 radical (unpaired) electrons. The fourth-order valence-corrected chi connectivity index (χ4v) is 2.43. The fraction of sp³-hybridized carbons (Fsp3) is 0.158. The number of hydrogen-bond donors (Lipinski definition) is 2. The van der Waals surface area contributed by atoms with Crippen LogP contribution in [0.3, 0.4) is 0 Å². The number of para-hydroxylation sites is 3. The van der Waals surface area contributed by atoms with Gasteiger partial charge in [0.1, 0.15) is 23.6 Å². The summed E-state index contributed by atoms with van der Waals surface area (Å²) in [6.45, 7) is 0.708. The SMILES string of the molecule is COc1ccccc1NC(=O)NCCOc1cccc2cccnc12. The Bertz CT molecular complexity index is 862. The van der Waals surface area contributed by atoms with Gasteiger partial charge in [-0.15, -0.1) is 0 Å². The van der Waals surface area contributed by atoms with Crippen molar-refractivity contribution in [3.05, 3.63) is 60.8 Å². The number of urea groups is 1. The molecular weight excluding hydrogens is 318 g/mol. The van der Waals surface area contributed by atoms with Gasteiger partial charge in [-0.05, 0) is 24.3 Å². The summed E-state index contributed by atoms with van der Waals surface area (Å²) in [6, 6.07) is 16.5. The predicted octanol–water partition coefficient (Wildman–Crippen LogP) is 3.44. The maximum Gasteiger partial charge on any atom is 0.319 e. The number of fused-ring (bicyclic) bond motifs is 1. The van der Waals surface area contributed by atoms with Gasteiger partial charge in [-0.3, -0.25) is 4.98 Å². The molecule has 3 rings (SSSR count). The van der Waals surface area contributed by atoms with Gasteiger partial charge in [0.05, 0.1) is 19.3 Å². The number of amides is 2. The third-order valence-corrected chi connectivity index (χ3v) is 3.60. The van der Waals surface area contributed by atoms with Crippen molar-refractivity contribution < 1.29 is 14.3 Å². The van der Waals surface area contributed by atoms with Crippen molar-refractivity contribution in [2.24, 2.45) is 0 Å². The summed E-state index contributed by atoms with van der Waals surface area (Å²) in [5.41, 5.74) is 1.42. The van der Waals surface area contributed by atoms with E-state index in [1.807, 2.05) is 42.5 Å². The average molecular weight is 337 g/mol. The number of aromatic nitrogens is 1. The van der Waals surface area contributed by atoms with E-state index in [1.165, 1.54) is 0 Å². The number of carbonyl (C=O) groups excluding carboxylic acids is 1. The third-order valence-electron chi connectivity index (χ3n) is 3.60. The number of rotatable bonds is 6. The second kappa shape index (κ2) is 8.01. The summed E-state index contributed by atoms with van der Waals surface area (Å²) >= 11 is 0. The first-order valence-electron chi connectivity index (χ1n) is 7.92. The van der Waals surface area contributed by atoms with Crippen LogP contribution in [0.4, 0.5) is 10.5 Å². The van der Waals surface area contributed by atoms with Crippen molar-refractivity contribution in [3.63, 3.8) is 0 Å². The van der Waals surface area contributed by atoms with Crippen molar-refractivity contribution in [2.75, 3.05) is 25.6 Å². The molecule has 128 valence electrons. The van der Waals surface area contributed by atoms with E-state index in [0.29, 0.717) is 30.3 Å². The van der Waals surface area contributed by atoms with E-state index in [2.05, 4.69) is 15.6 Å². The highest BCUT2D eigenvalue weighted by Crippen LogP contribution is 2.23. The normalized spacial score (nSPS) is 10.3. The van der Waals surface area contributed by atoms with E-state index >= 15 is 0 Å². The molecule has 2 aromatic carbocycles. The Morgan fingerprint density at radius 1 is 1.04 bits per heavy atom. The first-order chi connectivity index (χ1) is 12.3. The van der Waals surface area contributed by atoms with Crippen LogP contribution in [-0.2, 0) is 0 Å². The molecule has 0 atom stereocenters. The standard InChI is InChI=1S/C19H19N3O3/c1-24-16-9-3-2-8-15(16)22-19(23)21-12-13-25-17-10-4-6-14-7-5-11-20-18(14)17/h2-11H,12-13H2,1H3,(H2,21,22,23). The summed E-state index contributed by atoms with van der Waals surface area (Å²) < 4.78 is 10.9. The number of benzene rings is 2. The van der Waals surface area contributed by atoms with Crippen LogP contribution >= 0.6 is 0 Å². The van der Waals surface area contributed by atoms with Crippen LogP contribution in [0.1, 0.15) is 0 Å². The van der Waals surface area contributed by atoms with Crippen molar-refractivity contribution in [1.82, 2.24) is 10.3 Å². The van der Waals surface area contributed by atoms with Crippen LogP contribution in [0.25, 0.3) is 10.9 Å². The highest BCUT2D eigenvalue weighted by molar-refractivity contribution is 5.90. The maximum absolute atomic E-state index is 12.0. The van der Waals surface area contributed by atoms with Crippen LogP contribution < -0.4 is 20.1 Å². The van der Waals surface area contributed by atoms with Crippen molar-refractivity contribution in [2.45, 2.75) is 0 Å². The lowest BCUT2D eigenvalue weighted by Gasteiger charge is -2.12. The number of hydrogen-bond acceptors (Lipinski definition) is 4. The van der Waals surface area contributed by atoms with Gasteiger partial charge in [0.2, 0.25) is 0 Å². The molecule has 1 aromatic heterocycles. The molecule has 0 aliphatic carbocycles. The molecule has 25 heavy (non-hydrogen) atoms. The van der Waals surface area contributed by atoms with Crippen LogP contribution in [0.5, 0.6) is 11.5 Å². The molecule has 1 heterocycles. The number of carbonyl (C=O) groups is 1. The van der Waals surface area contributed by atoms with E-state index < -0.39 is 0 Å². The lowest BCUT2D eigenvalue weighted by molar-refractivity contribution is 0.247. The van der Waals surface area contributed by atoms with Crippen LogP contribution in [-0.4, -0.2) is 31.3 Å². The van der Waals surface area contributed by atoms with E-state index in [1.54, 1.807) is 25.4 Å². The van der Waals surface area contributed by atoms with Crippen LogP contribution in [0, 0.1) is 0 Å². The zero-order valence-electron chi connectivity index (χ0n) is 13.9. The maximum atomic E-state index is 12.0. The first-order valence-corrected chi connectivity index (χ1v) is 7.92. The van der Waals surface area contributed by atoms with Crippen molar-refractivity contribution in [3.8, 4) is 11.5 Å². The quantitative estimate of drug-likeness (QED) is 0.676. The Labute approximate surface area is 145 Å². The largest absolute Gasteiger partial charge is 0.495 e. The zero-order valence-corrected chi connectivity index (χ0v) is 13.9. The molecule has 0 unspecified atom stereocenters. The molecule has 0 saturated heterocycles. The van der Waals surface area contributed by atoms with Crippen molar-refractivity contribution in [1.29, 1.82) is 0 Å². The van der Waals surface area contributed by atoms with Gasteiger partial charge < -0.3 is 20.1 Å². The fourth-order valence-electron chi connectivity index (χ4n) is 2.43. The van der Waals surface area contributed by atoms with E-state index in [4.69, 9.17) is 9.47 Å². The number of anilines is 1. The average Bonchev–Trinajstić information content (AvgIpc) is 2.66. The minimum atomic E-state index is -0.316. The molecule has 0 aliphatic rings. The third kappa shape index (κ3) is 4.17. The van der Waals surface area contributed by atoms with Gasteiger partial charge in [-0.2, -0.15) is 0 Å². The Morgan fingerprint density at radius 3 is 2.72 bits per heavy atom. The van der Waals surface area contributed by atoms with Gasteiger partial charge in [-0.25, -0.2) is 4.79 Å². The number of nitrogens with zero attached hydrogens (tertiary/aromatic N) is 1. The van der Waals surface area contributed by atoms with Crippen molar-refractivity contribution >= 4 is 22.6 Å². The number of nitrogens with one attached hydrogen (secondary N) is 2. The van der Waals surface area contributed by atoms with Crippen LogP contribution in [0.15, 0.2) is 60.8 Å². The molecule has 6 heteroatoms. The summed E-state index contributed by atoms with van der Waals surface area (Å²) in [5.74, 6) is 1.31. The minimum Gasteiger partial charge on any atom is -0.495 e. The minimum absolute atomic E-state index is 0.316. The van der Waals surface area contributed by atoms with E-state index in [0.717, 1.165) is 10.9 Å². The highest BCUT2D eigenvalue weighted by atomic mass is 16.5. The molecule has 0 aliphatic heterocycles. The molecule has 2 amide bonds. The lowest BCUT2D eigenvalue weighted by Crippen LogP contribution is -2.32. The van der Waals surface area contributed by atoms with Gasteiger partial charge in [0, 0.05) is 11.6 Å². The summed E-state index contributed by atoms with van der Waals surface area (Å²) in [4.78, 5) is 16.3. The van der Waals surface area contributed by atoms with Gasteiger partial charge >= 0.3 is 6.03 Å². The number of pyridine rings is 1. The Kier molecular flexibility index (Phi) is 5.31. The van der Waals surface area contributed by atoms with Gasteiger partial charge in [0.15, 0.2) is 0 Å². The molecule has 3 aromatic rings. The van der Waals surface area contributed by atoms with Gasteiger partial charge in [0.25, 0.3) is 0 Å². The van der Waals surface area contributed by atoms with Gasteiger partial charge in [-0.1, -0.05) is 30.3 Å². The Balaban J connectivity index is 1.50. The topological polar surface area (TPSA) is 72.5 Å².